The fraction of sp³-hybridized carbons (Fsp3) is 0.312. The number of nitrogens with two attached hydrogens (primary N) is 1. The lowest BCUT2D eigenvalue weighted by molar-refractivity contribution is -0.128. The van der Waals surface area contributed by atoms with Gasteiger partial charge in [-0.1, -0.05) is 30.3 Å². The Hall–Kier alpha value is -1.52. The molecule has 3 nitrogen and oxygen atoms in total. The molecule has 0 heterocycles. The highest BCUT2D eigenvalue weighted by Crippen LogP contribution is 2.23. The lowest BCUT2D eigenvalue weighted by Crippen LogP contribution is -2.40. The van der Waals surface area contributed by atoms with E-state index in [2.05, 4.69) is 30.3 Å². The van der Waals surface area contributed by atoms with Gasteiger partial charge in [-0.15, -0.1) is 11.8 Å². The van der Waals surface area contributed by atoms with Crippen LogP contribution in [0.25, 0.3) is 10.8 Å². The first kappa shape index (κ1) is 14.9. The molecule has 0 aliphatic heterocycles. The number of rotatable bonds is 5. The minimum absolute atomic E-state index is 0.0831. The molecule has 0 aliphatic rings. The van der Waals surface area contributed by atoms with Crippen LogP contribution in [0.4, 0.5) is 0 Å². The van der Waals surface area contributed by atoms with Crippen LogP contribution in [0.1, 0.15) is 6.92 Å². The molecule has 0 aromatic heterocycles. The summed E-state index contributed by atoms with van der Waals surface area (Å²) in [5.74, 6) is 0.556. The maximum atomic E-state index is 12.0. The summed E-state index contributed by atoms with van der Waals surface area (Å²) in [5.41, 5.74) is 5.58. The molecule has 0 bridgehead atoms. The smallest absolute Gasteiger partial charge is 0.232 e. The predicted octanol–water partition coefficient (Wildman–Crippen LogP) is 2.74. The van der Waals surface area contributed by atoms with Gasteiger partial charge in [0.15, 0.2) is 0 Å². The fourth-order valence-corrected chi connectivity index (χ4v) is 2.78. The summed E-state index contributed by atoms with van der Waals surface area (Å²) in [4.78, 5) is 14.9. The summed E-state index contributed by atoms with van der Waals surface area (Å²) in [6.45, 7) is 2.45. The van der Waals surface area contributed by atoms with Crippen molar-refractivity contribution < 1.29 is 4.79 Å². The number of carbonyl (C=O) groups excluding carboxylic acids is 1. The summed E-state index contributed by atoms with van der Waals surface area (Å²) in [6, 6.07) is 14.6. The SMILES string of the molecule is CC(CN)N(C)C(=O)CSc1ccc2ccccc2c1. The second-order valence-electron chi connectivity index (χ2n) is 4.89. The number of carbonyl (C=O) groups is 1. The number of fused-ring (bicyclic) bond motifs is 1. The van der Waals surface area contributed by atoms with Crippen molar-refractivity contribution in [2.75, 3.05) is 19.3 Å². The standard InChI is InChI=1S/C16H20N2OS/c1-12(10-17)18(2)16(19)11-20-15-8-7-13-5-3-4-6-14(13)9-15/h3-9,12H,10-11,17H2,1-2H3. The van der Waals surface area contributed by atoms with Crippen LogP contribution in [-0.2, 0) is 4.79 Å². The second kappa shape index (κ2) is 6.77. The number of likely N-dealkylation sites (N-methyl/N-ethyl adjacent to an activating group) is 1. The maximum Gasteiger partial charge on any atom is 0.232 e. The van der Waals surface area contributed by atoms with Crippen LogP contribution in [0.2, 0.25) is 0 Å². The molecule has 0 aliphatic carbocycles. The molecule has 4 heteroatoms. The van der Waals surface area contributed by atoms with E-state index in [1.165, 1.54) is 10.8 Å². The van der Waals surface area contributed by atoms with Crippen molar-refractivity contribution in [3.8, 4) is 0 Å². The van der Waals surface area contributed by atoms with E-state index >= 15 is 0 Å². The highest BCUT2D eigenvalue weighted by atomic mass is 32.2. The van der Waals surface area contributed by atoms with Gasteiger partial charge >= 0.3 is 0 Å². The summed E-state index contributed by atoms with van der Waals surface area (Å²) < 4.78 is 0. The first-order valence-electron chi connectivity index (χ1n) is 6.69. The number of hydrogen-bond donors (Lipinski definition) is 1. The summed E-state index contributed by atoms with van der Waals surface area (Å²) in [6.07, 6.45) is 0. The van der Waals surface area contributed by atoms with Crippen LogP contribution < -0.4 is 5.73 Å². The molecule has 1 unspecified atom stereocenters. The number of nitrogens with zero attached hydrogens (tertiary/aromatic N) is 1. The molecule has 0 spiro atoms. The van der Waals surface area contributed by atoms with E-state index in [0.717, 1.165) is 4.90 Å². The van der Waals surface area contributed by atoms with Crippen molar-refractivity contribution in [3.05, 3.63) is 42.5 Å². The molecular weight excluding hydrogens is 268 g/mol. The third kappa shape index (κ3) is 3.52. The molecule has 0 saturated heterocycles. The van der Waals surface area contributed by atoms with Crippen LogP contribution in [-0.4, -0.2) is 36.2 Å². The number of hydrogen-bond acceptors (Lipinski definition) is 3. The molecule has 106 valence electrons. The Kier molecular flexibility index (Phi) is 5.04. The normalized spacial score (nSPS) is 12.3. The fourth-order valence-electron chi connectivity index (χ4n) is 1.91. The van der Waals surface area contributed by atoms with Gasteiger partial charge in [0, 0.05) is 24.5 Å². The molecule has 2 aromatic carbocycles. The van der Waals surface area contributed by atoms with Gasteiger partial charge < -0.3 is 10.6 Å². The molecule has 0 saturated carbocycles. The minimum Gasteiger partial charge on any atom is -0.341 e. The zero-order valence-electron chi connectivity index (χ0n) is 11.9. The van der Waals surface area contributed by atoms with Gasteiger partial charge in [-0.25, -0.2) is 0 Å². The molecule has 20 heavy (non-hydrogen) atoms. The molecule has 2 N–H and O–H groups in total. The van der Waals surface area contributed by atoms with E-state index in [-0.39, 0.29) is 11.9 Å². The van der Waals surface area contributed by atoms with Crippen molar-refractivity contribution >= 4 is 28.4 Å². The van der Waals surface area contributed by atoms with Gasteiger partial charge in [0.05, 0.1) is 5.75 Å². The molecular formula is C16H20N2OS. The molecule has 0 fully saturated rings. The van der Waals surface area contributed by atoms with Crippen molar-refractivity contribution in [3.63, 3.8) is 0 Å². The van der Waals surface area contributed by atoms with E-state index in [1.807, 2.05) is 19.1 Å². The van der Waals surface area contributed by atoms with Gasteiger partial charge in [-0.3, -0.25) is 4.79 Å². The third-order valence-electron chi connectivity index (χ3n) is 3.48. The summed E-state index contributed by atoms with van der Waals surface area (Å²) >= 11 is 1.57. The van der Waals surface area contributed by atoms with E-state index in [1.54, 1.807) is 23.7 Å². The van der Waals surface area contributed by atoms with Crippen LogP contribution >= 0.6 is 11.8 Å². The summed E-state index contributed by atoms with van der Waals surface area (Å²) in [7, 11) is 1.81. The zero-order valence-corrected chi connectivity index (χ0v) is 12.7. The van der Waals surface area contributed by atoms with Crippen LogP contribution in [0.5, 0.6) is 0 Å². The van der Waals surface area contributed by atoms with E-state index < -0.39 is 0 Å². The Bertz CT molecular complexity index is 600. The molecule has 2 rings (SSSR count). The van der Waals surface area contributed by atoms with Crippen molar-refractivity contribution in [2.45, 2.75) is 17.9 Å². The Balaban J connectivity index is 2.00. The highest BCUT2D eigenvalue weighted by Gasteiger charge is 2.14. The lowest BCUT2D eigenvalue weighted by atomic mass is 10.1. The van der Waals surface area contributed by atoms with E-state index in [0.29, 0.717) is 12.3 Å². The third-order valence-corrected chi connectivity index (χ3v) is 4.46. The topological polar surface area (TPSA) is 46.3 Å². The summed E-state index contributed by atoms with van der Waals surface area (Å²) in [5, 5.41) is 2.42. The van der Waals surface area contributed by atoms with Crippen LogP contribution in [0.15, 0.2) is 47.4 Å². The lowest BCUT2D eigenvalue weighted by Gasteiger charge is -2.23. The van der Waals surface area contributed by atoms with Crippen molar-refractivity contribution in [1.82, 2.24) is 4.90 Å². The van der Waals surface area contributed by atoms with Crippen LogP contribution in [0.3, 0.4) is 0 Å². The molecule has 0 radical (unpaired) electrons. The van der Waals surface area contributed by atoms with Gasteiger partial charge in [0.25, 0.3) is 0 Å². The van der Waals surface area contributed by atoms with E-state index in [4.69, 9.17) is 5.73 Å². The average Bonchev–Trinajstić information content (AvgIpc) is 2.50. The second-order valence-corrected chi connectivity index (χ2v) is 5.94. The number of benzene rings is 2. The van der Waals surface area contributed by atoms with Gasteiger partial charge in [-0.2, -0.15) is 0 Å². The number of amides is 1. The molecule has 2 aromatic rings. The monoisotopic (exact) mass is 288 g/mol. The first-order chi connectivity index (χ1) is 9.61. The highest BCUT2D eigenvalue weighted by molar-refractivity contribution is 8.00. The van der Waals surface area contributed by atoms with E-state index in [9.17, 15) is 4.79 Å². The van der Waals surface area contributed by atoms with Gasteiger partial charge in [-0.05, 0) is 29.8 Å². The number of thioether (sulfide) groups is 1. The molecule has 1 amide bonds. The largest absolute Gasteiger partial charge is 0.341 e. The maximum absolute atomic E-state index is 12.0. The first-order valence-corrected chi connectivity index (χ1v) is 7.67. The Morgan fingerprint density at radius 1 is 1.25 bits per heavy atom. The zero-order chi connectivity index (χ0) is 14.5. The van der Waals surface area contributed by atoms with Crippen LogP contribution in [0, 0.1) is 0 Å². The Morgan fingerprint density at radius 2 is 1.95 bits per heavy atom. The minimum atomic E-state index is 0.0831. The predicted molar refractivity (Wildman–Crippen MR) is 86.0 cm³/mol. The van der Waals surface area contributed by atoms with Gasteiger partial charge in [0.1, 0.15) is 0 Å². The van der Waals surface area contributed by atoms with Crippen molar-refractivity contribution in [2.24, 2.45) is 5.73 Å². The quantitative estimate of drug-likeness (QED) is 0.861. The Morgan fingerprint density at radius 3 is 2.65 bits per heavy atom. The van der Waals surface area contributed by atoms with Crippen molar-refractivity contribution in [1.29, 1.82) is 0 Å². The molecule has 1 atom stereocenters. The Labute approximate surface area is 124 Å². The van der Waals surface area contributed by atoms with Gasteiger partial charge in [0.2, 0.25) is 5.91 Å². The average molecular weight is 288 g/mol.